The highest BCUT2D eigenvalue weighted by Gasteiger charge is 2.12. The normalized spacial score (nSPS) is 16.4. The number of methoxy groups -OCH3 is 1. The van der Waals surface area contributed by atoms with Crippen LogP contribution in [0.25, 0.3) is 10.8 Å². The van der Waals surface area contributed by atoms with E-state index in [2.05, 4.69) is 35.6 Å². The number of rotatable bonds is 4. The molecule has 0 amide bonds. The molecule has 2 aromatic rings. The number of fused-ring (bicyclic) bond motifs is 1. The zero-order chi connectivity index (χ0) is 13.8. The van der Waals surface area contributed by atoms with E-state index in [-0.39, 0.29) is 0 Å². The summed E-state index contributed by atoms with van der Waals surface area (Å²) >= 11 is 0. The summed E-state index contributed by atoms with van der Waals surface area (Å²) in [6, 6.07) is 13.4. The molecule has 2 aromatic carbocycles. The van der Waals surface area contributed by atoms with E-state index in [0.29, 0.717) is 6.04 Å². The fraction of sp³-hybridized carbons (Fsp3) is 0.412. The predicted octanol–water partition coefficient (Wildman–Crippen LogP) is 3.12. The van der Waals surface area contributed by atoms with Crippen LogP contribution >= 0.6 is 0 Å². The van der Waals surface area contributed by atoms with Crippen LogP contribution in [-0.4, -0.2) is 26.4 Å². The average molecular weight is 271 g/mol. The third-order valence-electron chi connectivity index (χ3n) is 3.93. The van der Waals surface area contributed by atoms with Gasteiger partial charge in [-0.2, -0.15) is 0 Å². The van der Waals surface area contributed by atoms with E-state index in [1.807, 2.05) is 6.07 Å². The van der Waals surface area contributed by atoms with Gasteiger partial charge in [0.25, 0.3) is 0 Å². The minimum atomic E-state index is 0.593. The Kier molecular flexibility index (Phi) is 4.19. The fourth-order valence-corrected chi connectivity index (χ4v) is 2.67. The van der Waals surface area contributed by atoms with Gasteiger partial charge < -0.3 is 14.8 Å². The van der Waals surface area contributed by atoms with E-state index in [1.165, 1.54) is 16.3 Å². The smallest absolute Gasteiger partial charge is 0.119 e. The van der Waals surface area contributed by atoms with Crippen molar-refractivity contribution < 1.29 is 9.47 Å². The van der Waals surface area contributed by atoms with Crippen LogP contribution in [0.5, 0.6) is 5.75 Å². The van der Waals surface area contributed by atoms with E-state index in [9.17, 15) is 0 Å². The molecule has 3 nitrogen and oxygen atoms in total. The Morgan fingerprint density at radius 1 is 1.10 bits per heavy atom. The maximum Gasteiger partial charge on any atom is 0.119 e. The van der Waals surface area contributed by atoms with E-state index in [4.69, 9.17) is 9.47 Å². The first-order valence-corrected chi connectivity index (χ1v) is 7.23. The van der Waals surface area contributed by atoms with E-state index in [1.54, 1.807) is 7.11 Å². The van der Waals surface area contributed by atoms with Crippen molar-refractivity contribution in [1.29, 1.82) is 0 Å². The first kappa shape index (κ1) is 13.4. The van der Waals surface area contributed by atoms with Gasteiger partial charge in [0.1, 0.15) is 5.75 Å². The molecule has 1 aliphatic rings. The van der Waals surface area contributed by atoms with Gasteiger partial charge in [-0.15, -0.1) is 0 Å². The Labute approximate surface area is 119 Å². The van der Waals surface area contributed by atoms with Gasteiger partial charge in [0.15, 0.2) is 0 Å². The Morgan fingerprint density at radius 3 is 2.65 bits per heavy atom. The molecule has 106 valence electrons. The van der Waals surface area contributed by atoms with Crippen LogP contribution in [0.15, 0.2) is 36.4 Å². The summed E-state index contributed by atoms with van der Waals surface area (Å²) in [5, 5.41) is 6.10. The molecule has 0 unspecified atom stereocenters. The molecule has 0 saturated carbocycles. The molecule has 0 aromatic heterocycles. The van der Waals surface area contributed by atoms with Gasteiger partial charge in [0.2, 0.25) is 0 Å². The fourth-order valence-electron chi connectivity index (χ4n) is 2.67. The molecule has 1 fully saturated rings. The summed E-state index contributed by atoms with van der Waals surface area (Å²) in [7, 11) is 1.70. The lowest BCUT2D eigenvalue weighted by Gasteiger charge is -2.23. The number of hydrogen-bond acceptors (Lipinski definition) is 3. The van der Waals surface area contributed by atoms with Gasteiger partial charge in [0.05, 0.1) is 7.11 Å². The summed E-state index contributed by atoms with van der Waals surface area (Å²) in [5.41, 5.74) is 1.33. The SMILES string of the molecule is COc1ccc2cc(CNC3CCOCC3)ccc2c1. The molecule has 1 heterocycles. The zero-order valence-corrected chi connectivity index (χ0v) is 11.9. The lowest BCUT2D eigenvalue weighted by molar-refractivity contribution is 0.0776. The Bertz CT molecular complexity index is 576. The molecular formula is C17H21NO2. The van der Waals surface area contributed by atoms with Gasteiger partial charge in [-0.25, -0.2) is 0 Å². The average Bonchev–Trinajstić information content (AvgIpc) is 2.53. The van der Waals surface area contributed by atoms with Gasteiger partial charge in [-0.3, -0.25) is 0 Å². The van der Waals surface area contributed by atoms with Crippen LogP contribution in [-0.2, 0) is 11.3 Å². The largest absolute Gasteiger partial charge is 0.497 e. The number of nitrogens with one attached hydrogen (secondary N) is 1. The molecule has 1 N–H and O–H groups in total. The standard InChI is InChI=1S/C17H21NO2/c1-19-17-5-4-14-10-13(2-3-15(14)11-17)12-18-16-6-8-20-9-7-16/h2-5,10-11,16,18H,6-9,12H2,1H3. The van der Waals surface area contributed by atoms with Gasteiger partial charge in [0, 0.05) is 25.8 Å². The molecule has 0 aliphatic carbocycles. The number of hydrogen-bond donors (Lipinski definition) is 1. The molecule has 0 spiro atoms. The zero-order valence-electron chi connectivity index (χ0n) is 11.9. The summed E-state index contributed by atoms with van der Waals surface area (Å²) in [5.74, 6) is 0.908. The minimum absolute atomic E-state index is 0.593. The third kappa shape index (κ3) is 3.11. The van der Waals surface area contributed by atoms with Crippen LogP contribution in [0, 0.1) is 0 Å². The van der Waals surface area contributed by atoms with E-state index >= 15 is 0 Å². The van der Waals surface area contributed by atoms with Crippen LogP contribution in [0.2, 0.25) is 0 Å². The summed E-state index contributed by atoms with van der Waals surface area (Å²) in [4.78, 5) is 0. The van der Waals surface area contributed by atoms with Gasteiger partial charge >= 0.3 is 0 Å². The Morgan fingerprint density at radius 2 is 1.85 bits per heavy atom. The maximum absolute atomic E-state index is 5.38. The lowest BCUT2D eigenvalue weighted by atomic mass is 10.1. The molecule has 1 aliphatic heterocycles. The quantitative estimate of drug-likeness (QED) is 0.927. The highest BCUT2D eigenvalue weighted by molar-refractivity contribution is 5.84. The highest BCUT2D eigenvalue weighted by Crippen LogP contribution is 2.22. The molecule has 3 heteroatoms. The van der Waals surface area contributed by atoms with Crippen molar-refractivity contribution in [2.75, 3.05) is 20.3 Å². The summed E-state index contributed by atoms with van der Waals surface area (Å²) in [6.45, 7) is 2.69. The second kappa shape index (κ2) is 6.25. The molecule has 1 saturated heterocycles. The van der Waals surface area contributed by atoms with Gasteiger partial charge in [-0.05, 0) is 47.4 Å². The van der Waals surface area contributed by atoms with E-state index in [0.717, 1.165) is 38.3 Å². The molecule has 0 atom stereocenters. The minimum Gasteiger partial charge on any atom is -0.497 e. The Hall–Kier alpha value is -1.58. The molecule has 0 radical (unpaired) electrons. The van der Waals surface area contributed by atoms with Crippen molar-refractivity contribution in [2.24, 2.45) is 0 Å². The van der Waals surface area contributed by atoms with Crippen LogP contribution in [0.3, 0.4) is 0 Å². The predicted molar refractivity (Wildman–Crippen MR) is 81.2 cm³/mol. The lowest BCUT2D eigenvalue weighted by Crippen LogP contribution is -2.34. The molecule has 20 heavy (non-hydrogen) atoms. The maximum atomic E-state index is 5.38. The van der Waals surface area contributed by atoms with Crippen LogP contribution < -0.4 is 10.1 Å². The van der Waals surface area contributed by atoms with Crippen LogP contribution in [0.4, 0.5) is 0 Å². The van der Waals surface area contributed by atoms with Crippen LogP contribution in [0.1, 0.15) is 18.4 Å². The summed E-state index contributed by atoms with van der Waals surface area (Å²) < 4.78 is 10.6. The molecule has 3 rings (SSSR count). The Balaban J connectivity index is 1.69. The second-order valence-corrected chi connectivity index (χ2v) is 5.31. The van der Waals surface area contributed by atoms with Crippen molar-refractivity contribution in [2.45, 2.75) is 25.4 Å². The first-order chi connectivity index (χ1) is 9.85. The molecular weight excluding hydrogens is 250 g/mol. The van der Waals surface area contributed by atoms with Crippen molar-refractivity contribution in [3.8, 4) is 5.75 Å². The summed E-state index contributed by atoms with van der Waals surface area (Å²) in [6.07, 6.45) is 2.23. The monoisotopic (exact) mass is 271 g/mol. The second-order valence-electron chi connectivity index (χ2n) is 5.31. The number of benzene rings is 2. The van der Waals surface area contributed by atoms with Crippen molar-refractivity contribution in [3.63, 3.8) is 0 Å². The van der Waals surface area contributed by atoms with E-state index < -0.39 is 0 Å². The number of ether oxygens (including phenoxy) is 2. The molecule has 0 bridgehead atoms. The third-order valence-corrected chi connectivity index (χ3v) is 3.93. The van der Waals surface area contributed by atoms with Gasteiger partial charge in [-0.1, -0.05) is 18.2 Å². The topological polar surface area (TPSA) is 30.5 Å². The van der Waals surface area contributed by atoms with Crippen molar-refractivity contribution in [3.05, 3.63) is 42.0 Å². The first-order valence-electron chi connectivity index (χ1n) is 7.23. The van der Waals surface area contributed by atoms with Crippen molar-refractivity contribution in [1.82, 2.24) is 5.32 Å². The highest BCUT2D eigenvalue weighted by atomic mass is 16.5. The van der Waals surface area contributed by atoms with Crippen molar-refractivity contribution >= 4 is 10.8 Å².